The molecule has 88 valence electrons. The summed E-state index contributed by atoms with van der Waals surface area (Å²) in [6.07, 6.45) is 1.80. The largest absolute Gasteiger partial charge is 0.324 e. The molecule has 2 aromatic rings. The molecule has 0 saturated heterocycles. The van der Waals surface area contributed by atoms with Crippen LogP contribution >= 0.6 is 27.7 Å². The minimum absolute atomic E-state index is 0.0557. The molecule has 0 aliphatic carbocycles. The molecule has 17 heavy (non-hydrogen) atoms. The van der Waals surface area contributed by atoms with Gasteiger partial charge in [-0.3, -0.25) is 0 Å². The normalized spacial score (nSPS) is 12.4. The molecule has 1 aromatic carbocycles. The smallest absolute Gasteiger partial charge is 0.101 e. The third-order valence-corrected chi connectivity index (χ3v) is 4.28. The van der Waals surface area contributed by atoms with Crippen LogP contribution in [0, 0.1) is 0 Å². The van der Waals surface area contributed by atoms with E-state index in [4.69, 9.17) is 5.73 Å². The highest BCUT2D eigenvalue weighted by Gasteiger charge is 2.06. The Balaban J connectivity index is 2.23. The Morgan fingerprint density at radius 3 is 2.71 bits per heavy atom. The lowest BCUT2D eigenvalue weighted by Gasteiger charge is -2.09. The quantitative estimate of drug-likeness (QED) is 0.931. The van der Waals surface area contributed by atoms with Crippen molar-refractivity contribution < 1.29 is 0 Å². The van der Waals surface area contributed by atoms with Gasteiger partial charge in [0.05, 0.1) is 0 Å². The fourth-order valence-corrected chi connectivity index (χ4v) is 2.82. The molecule has 0 unspecified atom stereocenters. The van der Waals surface area contributed by atoms with Crippen molar-refractivity contribution in [2.45, 2.75) is 22.9 Å². The van der Waals surface area contributed by atoms with Gasteiger partial charge in [0.2, 0.25) is 0 Å². The highest BCUT2D eigenvalue weighted by molar-refractivity contribution is 9.10. The summed E-state index contributed by atoms with van der Waals surface area (Å²) in [5, 5.41) is 0.988. The molecule has 0 spiro atoms. The van der Waals surface area contributed by atoms with E-state index in [0.717, 1.165) is 20.0 Å². The molecule has 0 aliphatic rings. The second-order valence-electron chi connectivity index (χ2n) is 3.75. The predicted octanol–water partition coefficient (Wildman–Crippen LogP) is 4.02. The number of halogens is 1. The van der Waals surface area contributed by atoms with Gasteiger partial charge in [-0.1, -0.05) is 23.9 Å². The van der Waals surface area contributed by atoms with Gasteiger partial charge >= 0.3 is 0 Å². The third-order valence-electron chi connectivity index (χ3n) is 2.33. The van der Waals surface area contributed by atoms with Crippen molar-refractivity contribution in [1.82, 2.24) is 4.98 Å². The topological polar surface area (TPSA) is 38.9 Å². The zero-order chi connectivity index (χ0) is 12.3. The highest BCUT2D eigenvalue weighted by atomic mass is 79.9. The minimum Gasteiger partial charge on any atom is -0.324 e. The van der Waals surface area contributed by atoms with Crippen LogP contribution in [-0.4, -0.2) is 4.98 Å². The zero-order valence-corrected chi connectivity index (χ0v) is 11.8. The number of nitrogens with zero attached hydrogens (tertiary/aromatic N) is 1. The van der Waals surface area contributed by atoms with Gasteiger partial charge in [0.25, 0.3) is 0 Å². The summed E-state index contributed by atoms with van der Waals surface area (Å²) in [6.45, 7) is 1.98. The highest BCUT2D eigenvalue weighted by Crippen LogP contribution is 2.33. The Kier molecular flexibility index (Phi) is 4.20. The van der Waals surface area contributed by atoms with Crippen molar-refractivity contribution in [1.29, 1.82) is 0 Å². The lowest BCUT2D eigenvalue weighted by atomic mass is 10.1. The Morgan fingerprint density at radius 2 is 2.12 bits per heavy atom. The standard InChI is InChI=1S/C13H13BrN2S/c1-9(15)10-5-6-12(11(14)8-10)17-13-4-2-3-7-16-13/h2-9H,15H2,1H3/t9-/m1/s1. The molecule has 1 aromatic heterocycles. The zero-order valence-electron chi connectivity index (χ0n) is 9.43. The molecule has 2 nitrogen and oxygen atoms in total. The molecule has 4 heteroatoms. The first-order valence-electron chi connectivity index (χ1n) is 5.31. The number of benzene rings is 1. The van der Waals surface area contributed by atoms with E-state index in [1.54, 1.807) is 18.0 Å². The first-order valence-corrected chi connectivity index (χ1v) is 6.91. The van der Waals surface area contributed by atoms with Crippen molar-refractivity contribution in [2.75, 3.05) is 0 Å². The van der Waals surface area contributed by atoms with Gasteiger partial charge in [-0.2, -0.15) is 0 Å². The average molecular weight is 309 g/mol. The van der Waals surface area contributed by atoms with E-state index in [9.17, 15) is 0 Å². The average Bonchev–Trinajstić information content (AvgIpc) is 2.33. The maximum atomic E-state index is 5.85. The van der Waals surface area contributed by atoms with E-state index in [2.05, 4.69) is 39.1 Å². The fraction of sp³-hybridized carbons (Fsp3) is 0.154. The Hall–Kier alpha value is -0.840. The molecule has 0 fully saturated rings. The summed E-state index contributed by atoms with van der Waals surface area (Å²) in [5.41, 5.74) is 6.97. The monoisotopic (exact) mass is 308 g/mol. The minimum atomic E-state index is 0.0557. The van der Waals surface area contributed by atoms with Gasteiger partial charge in [0, 0.05) is 21.6 Å². The van der Waals surface area contributed by atoms with Crippen LogP contribution in [-0.2, 0) is 0 Å². The van der Waals surface area contributed by atoms with Gasteiger partial charge in [0.1, 0.15) is 5.03 Å². The Labute approximate surface area is 114 Å². The van der Waals surface area contributed by atoms with E-state index < -0.39 is 0 Å². The van der Waals surface area contributed by atoms with E-state index >= 15 is 0 Å². The maximum Gasteiger partial charge on any atom is 0.101 e. The molecule has 0 bridgehead atoms. The van der Waals surface area contributed by atoms with Crippen LogP contribution in [0.4, 0.5) is 0 Å². The third kappa shape index (κ3) is 3.31. The SMILES string of the molecule is C[C@@H](N)c1ccc(Sc2ccccn2)c(Br)c1. The Bertz CT molecular complexity index is 500. The number of nitrogens with two attached hydrogens (primary N) is 1. The van der Waals surface area contributed by atoms with Crippen LogP contribution in [0.1, 0.15) is 18.5 Å². The van der Waals surface area contributed by atoms with Crippen LogP contribution in [0.15, 0.2) is 57.0 Å². The molecule has 1 heterocycles. The van der Waals surface area contributed by atoms with Crippen LogP contribution in [0.5, 0.6) is 0 Å². The molecule has 0 saturated carbocycles. The molecule has 2 rings (SSSR count). The maximum absolute atomic E-state index is 5.85. The lowest BCUT2D eigenvalue weighted by Crippen LogP contribution is -2.04. The number of rotatable bonds is 3. The van der Waals surface area contributed by atoms with Crippen molar-refractivity contribution in [3.8, 4) is 0 Å². The summed E-state index contributed by atoms with van der Waals surface area (Å²) in [7, 11) is 0. The summed E-state index contributed by atoms with van der Waals surface area (Å²) in [6, 6.07) is 12.1. The number of pyridine rings is 1. The van der Waals surface area contributed by atoms with Gasteiger partial charge in [-0.05, 0) is 52.7 Å². The van der Waals surface area contributed by atoms with Gasteiger partial charge < -0.3 is 5.73 Å². The second-order valence-corrected chi connectivity index (χ2v) is 5.67. The van der Waals surface area contributed by atoms with Crippen molar-refractivity contribution in [3.63, 3.8) is 0 Å². The van der Waals surface area contributed by atoms with E-state index in [1.807, 2.05) is 25.1 Å². The molecule has 2 N–H and O–H groups in total. The molecule has 0 radical (unpaired) electrons. The summed E-state index contributed by atoms with van der Waals surface area (Å²) >= 11 is 5.20. The summed E-state index contributed by atoms with van der Waals surface area (Å²) in [4.78, 5) is 5.44. The summed E-state index contributed by atoms with van der Waals surface area (Å²) in [5.74, 6) is 0. The van der Waals surface area contributed by atoms with Crippen molar-refractivity contribution >= 4 is 27.7 Å². The van der Waals surface area contributed by atoms with Crippen LogP contribution in [0.25, 0.3) is 0 Å². The predicted molar refractivity (Wildman–Crippen MR) is 75.1 cm³/mol. The number of hydrogen-bond acceptors (Lipinski definition) is 3. The molecule has 0 amide bonds. The van der Waals surface area contributed by atoms with Crippen LogP contribution in [0.3, 0.4) is 0 Å². The van der Waals surface area contributed by atoms with Crippen molar-refractivity contribution in [2.24, 2.45) is 5.73 Å². The van der Waals surface area contributed by atoms with E-state index in [1.165, 1.54) is 0 Å². The van der Waals surface area contributed by atoms with Gasteiger partial charge in [0.15, 0.2) is 0 Å². The molecular weight excluding hydrogens is 296 g/mol. The van der Waals surface area contributed by atoms with Crippen molar-refractivity contribution in [3.05, 3.63) is 52.6 Å². The van der Waals surface area contributed by atoms with Crippen LogP contribution in [0.2, 0.25) is 0 Å². The molecule has 1 atom stereocenters. The van der Waals surface area contributed by atoms with Crippen LogP contribution < -0.4 is 5.73 Å². The first-order chi connectivity index (χ1) is 8.16. The van der Waals surface area contributed by atoms with E-state index in [-0.39, 0.29) is 6.04 Å². The fourth-order valence-electron chi connectivity index (χ4n) is 1.40. The first kappa shape index (κ1) is 12.6. The second kappa shape index (κ2) is 5.67. The number of aromatic nitrogens is 1. The van der Waals surface area contributed by atoms with Gasteiger partial charge in [-0.25, -0.2) is 4.98 Å². The lowest BCUT2D eigenvalue weighted by molar-refractivity contribution is 0.815. The van der Waals surface area contributed by atoms with E-state index in [0.29, 0.717) is 0 Å². The van der Waals surface area contributed by atoms with Gasteiger partial charge in [-0.15, -0.1) is 0 Å². The molecule has 0 aliphatic heterocycles. The number of hydrogen-bond donors (Lipinski definition) is 1. The Morgan fingerprint density at radius 1 is 1.29 bits per heavy atom. The molecular formula is C13H13BrN2S. The summed E-state index contributed by atoms with van der Waals surface area (Å²) < 4.78 is 1.06.